The van der Waals surface area contributed by atoms with Crippen molar-refractivity contribution in [1.82, 2.24) is 4.98 Å². The lowest BCUT2D eigenvalue weighted by molar-refractivity contribution is 0.460. The Hall–Kier alpha value is -1.46. The number of thiocarbonyl (C=S) groups is 1. The summed E-state index contributed by atoms with van der Waals surface area (Å²) in [6, 6.07) is 11.1. The van der Waals surface area contributed by atoms with Gasteiger partial charge >= 0.3 is 0 Å². The number of halogens is 1. The number of nitrogens with two attached hydrogens (primary N) is 1. The third kappa shape index (κ3) is 3.05. The third-order valence-corrected chi connectivity index (χ3v) is 3.04. The maximum atomic E-state index is 5.71. The number of pyridine rings is 1. The van der Waals surface area contributed by atoms with Crippen molar-refractivity contribution in [3.05, 3.63) is 52.1 Å². The van der Waals surface area contributed by atoms with Crippen molar-refractivity contribution >= 4 is 33.1 Å². The van der Waals surface area contributed by atoms with Crippen LogP contribution in [0.5, 0.6) is 11.6 Å². The van der Waals surface area contributed by atoms with E-state index in [0.717, 1.165) is 10.2 Å². The van der Waals surface area contributed by atoms with Gasteiger partial charge in [0.05, 0.1) is 5.56 Å². The molecule has 0 aliphatic carbocycles. The third-order valence-electron chi connectivity index (χ3n) is 2.29. The van der Waals surface area contributed by atoms with Crippen LogP contribution in [0.4, 0.5) is 0 Å². The highest BCUT2D eigenvalue weighted by Crippen LogP contribution is 2.25. The zero-order valence-electron chi connectivity index (χ0n) is 9.68. The van der Waals surface area contributed by atoms with Crippen molar-refractivity contribution in [3.8, 4) is 11.6 Å². The second-order valence-electron chi connectivity index (χ2n) is 3.73. The highest BCUT2D eigenvalue weighted by Gasteiger charge is 2.09. The summed E-state index contributed by atoms with van der Waals surface area (Å²) in [5.74, 6) is 1.12. The van der Waals surface area contributed by atoms with E-state index in [9.17, 15) is 0 Å². The minimum atomic E-state index is 0.273. The van der Waals surface area contributed by atoms with E-state index < -0.39 is 0 Å². The van der Waals surface area contributed by atoms with Crippen molar-refractivity contribution in [2.45, 2.75) is 6.92 Å². The van der Waals surface area contributed by atoms with Crippen LogP contribution in [-0.2, 0) is 0 Å². The van der Waals surface area contributed by atoms with Gasteiger partial charge in [0.1, 0.15) is 10.7 Å². The van der Waals surface area contributed by atoms with Gasteiger partial charge in [-0.2, -0.15) is 0 Å². The van der Waals surface area contributed by atoms with Gasteiger partial charge in [-0.1, -0.05) is 28.1 Å². The van der Waals surface area contributed by atoms with E-state index in [2.05, 4.69) is 20.9 Å². The van der Waals surface area contributed by atoms with Gasteiger partial charge < -0.3 is 10.5 Å². The maximum Gasteiger partial charge on any atom is 0.229 e. The van der Waals surface area contributed by atoms with Gasteiger partial charge in [-0.05, 0) is 43.3 Å². The van der Waals surface area contributed by atoms with Crippen LogP contribution >= 0.6 is 28.1 Å². The molecule has 0 radical (unpaired) electrons. The largest absolute Gasteiger partial charge is 0.438 e. The second-order valence-corrected chi connectivity index (χ2v) is 5.08. The molecule has 0 bridgehead atoms. The molecule has 92 valence electrons. The van der Waals surface area contributed by atoms with Crippen molar-refractivity contribution in [3.63, 3.8) is 0 Å². The van der Waals surface area contributed by atoms with Crippen LogP contribution in [0.2, 0.25) is 0 Å². The highest BCUT2D eigenvalue weighted by atomic mass is 79.9. The van der Waals surface area contributed by atoms with Gasteiger partial charge in [0.2, 0.25) is 5.88 Å². The van der Waals surface area contributed by atoms with Gasteiger partial charge in [0, 0.05) is 10.2 Å². The predicted molar refractivity (Wildman–Crippen MR) is 79.1 cm³/mol. The van der Waals surface area contributed by atoms with Gasteiger partial charge in [-0.25, -0.2) is 4.98 Å². The Kier molecular flexibility index (Phi) is 3.93. The molecular weight excluding hydrogens is 312 g/mol. The first-order valence-corrected chi connectivity index (χ1v) is 6.47. The number of rotatable bonds is 3. The second kappa shape index (κ2) is 5.46. The molecule has 0 saturated heterocycles. The summed E-state index contributed by atoms with van der Waals surface area (Å²) in [7, 11) is 0. The lowest BCUT2D eigenvalue weighted by Gasteiger charge is -2.09. The van der Waals surface area contributed by atoms with Crippen molar-refractivity contribution < 1.29 is 4.74 Å². The van der Waals surface area contributed by atoms with Crippen LogP contribution in [0.15, 0.2) is 40.9 Å². The average Bonchev–Trinajstić information content (AvgIpc) is 2.32. The summed E-state index contributed by atoms with van der Waals surface area (Å²) in [5, 5.41) is 0. The molecule has 0 saturated carbocycles. The highest BCUT2D eigenvalue weighted by molar-refractivity contribution is 9.10. The molecule has 1 heterocycles. The molecule has 18 heavy (non-hydrogen) atoms. The van der Waals surface area contributed by atoms with Crippen LogP contribution in [0, 0.1) is 6.92 Å². The number of benzene rings is 1. The number of aryl methyl sites for hydroxylation is 1. The van der Waals surface area contributed by atoms with E-state index >= 15 is 0 Å². The van der Waals surface area contributed by atoms with Gasteiger partial charge in [-0.3, -0.25) is 0 Å². The summed E-state index contributed by atoms with van der Waals surface area (Å²) >= 11 is 8.35. The number of nitrogens with zero attached hydrogens (tertiary/aromatic N) is 1. The lowest BCUT2D eigenvalue weighted by Crippen LogP contribution is -2.11. The summed E-state index contributed by atoms with van der Waals surface area (Å²) in [6.45, 7) is 1.89. The molecule has 0 aliphatic heterocycles. The summed E-state index contributed by atoms with van der Waals surface area (Å²) < 4.78 is 6.69. The molecule has 2 rings (SSSR count). The van der Waals surface area contributed by atoms with Gasteiger partial charge in [-0.15, -0.1) is 0 Å². The zero-order chi connectivity index (χ0) is 13.1. The molecule has 0 aliphatic rings. The lowest BCUT2D eigenvalue weighted by atomic mass is 10.2. The molecular formula is C13H11BrN2OS. The van der Waals surface area contributed by atoms with Crippen molar-refractivity contribution in [1.29, 1.82) is 0 Å². The van der Waals surface area contributed by atoms with E-state index in [-0.39, 0.29) is 4.99 Å². The molecule has 5 heteroatoms. The Bertz CT molecular complexity index is 584. The Morgan fingerprint density at radius 2 is 1.89 bits per heavy atom. The standard InChI is InChI=1S/C13H11BrN2OS/c1-8-2-7-11(12(15)18)13(16-8)17-10-5-3-9(14)4-6-10/h2-7H,1H3,(H2,15,18). The normalized spacial score (nSPS) is 10.1. The number of hydrogen-bond acceptors (Lipinski definition) is 3. The molecule has 0 amide bonds. The van der Waals surface area contributed by atoms with E-state index in [1.54, 1.807) is 0 Å². The fourth-order valence-electron chi connectivity index (χ4n) is 1.41. The molecule has 0 spiro atoms. The Morgan fingerprint density at radius 1 is 1.22 bits per heavy atom. The van der Waals surface area contributed by atoms with Crippen LogP contribution in [0.1, 0.15) is 11.3 Å². The SMILES string of the molecule is Cc1ccc(C(N)=S)c(Oc2ccc(Br)cc2)n1. The van der Waals surface area contributed by atoms with E-state index in [1.807, 2.05) is 43.3 Å². The monoisotopic (exact) mass is 322 g/mol. The first-order chi connectivity index (χ1) is 8.56. The fourth-order valence-corrected chi connectivity index (χ4v) is 1.83. The van der Waals surface area contributed by atoms with Crippen LogP contribution in [0.25, 0.3) is 0 Å². The minimum Gasteiger partial charge on any atom is -0.438 e. The maximum absolute atomic E-state index is 5.71. The summed E-state index contributed by atoms with van der Waals surface area (Å²) in [6.07, 6.45) is 0. The molecule has 1 aromatic carbocycles. The quantitative estimate of drug-likeness (QED) is 0.877. The molecule has 3 nitrogen and oxygen atoms in total. The summed E-state index contributed by atoms with van der Waals surface area (Å²) in [4.78, 5) is 4.58. The van der Waals surface area contributed by atoms with E-state index in [0.29, 0.717) is 17.2 Å². The smallest absolute Gasteiger partial charge is 0.229 e. The Morgan fingerprint density at radius 3 is 2.50 bits per heavy atom. The van der Waals surface area contributed by atoms with Crippen LogP contribution in [0.3, 0.4) is 0 Å². The van der Waals surface area contributed by atoms with Gasteiger partial charge in [0.15, 0.2) is 0 Å². The average molecular weight is 323 g/mol. The minimum absolute atomic E-state index is 0.273. The molecule has 0 atom stereocenters. The number of ether oxygens (including phenoxy) is 1. The van der Waals surface area contributed by atoms with Crippen molar-refractivity contribution in [2.24, 2.45) is 5.73 Å². The zero-order valence-corrected chi connectivity index (χ0v) is 12.1. The molecule has 0 fully saturated rings. The van der Waals surface area contributed by atoms with E-state index in [1.165, 1.54) is 0 Å². The first kappa shape index (κ1) is 13.0. The topological polar surface area (TPSA) is 48.1 Å². The van der Waals surface area contributed by atoms with E-state index in [4.69, 9.17) is 22.7 Å². The van der Waals surface area contributed by atoms with Crippen molar-refractivity contribution in [2.75, 3.05) is 0 Å². The summed E-state index contributed by atoms with van der Waals surface area (Å²) in [5.41, 5.74) is 7.13. The Labute approximate surface area is 119 Å². The van der Waals surface area contributed by atoms with Crippen LogP contribution < -0.4 is 10.5 Å². The number of aromatic nitrogens is 1. The molecule has 2 aromatic rings. The predicted octanol–water partition coefficient (Wildman–Crippen LogP) is 3.58. The molecule has 2 N–H and O–H groups in total. The Balaban J connectivity index is 2.35. The first-order valence-electron chi connectivity index (χ1n) is 5.27. The number of hydrogen-bond donors (Lipinski definition) is 1. The van der Waals surface area contributed by atoms with Crippen LogP contribution in [-0.4, -0.2) is 9.97 Å². The fraction of sp³-hybridized carbons (Fsp3) is 0.0769. The van der Waals surface area contributed by atoms with Gasteiger partial charge in [0.25, 0.3) is 0 Å². The molecule has 1 aromatic heterocycles. The molecule has 0 unspecified atom stereocenters.